The van der Waals surface area contributed by atoms with E-state index in [1.54, 1.807) is 0 Å². The van der Waals surface area contributed by atoms with Crippen LogP contribution in [-0.4, -0.2) is 46.0 Å². The number of nitrogens with zero attached hydrogens (tertiary/aromatic N) is 5. The number of amides is 1. The molecule has 1 fully saturated rings. The van der Waals surface area contributed by atoms with E-state index in [-0.39, 0.29) is 5.91 Å². The Hall–Kier alpha value is -2.09. The summed E-state index contributed by atoms with van der Waals surface area (Å²) in [4.78, 5) is 14.2. The summed E-state index contributed by atoms with van der Waals surface area (Å²) in [5.74, 6) is 0.313. The van der Waals surface area contributed by atoms with E-state index >= 15 is 0 Å². The molecule has 0 spiro atoms. The minimum absolute atomic E-state index is 0.00937. The summed E-state index contributed by atoms with van der Waals surface area (Å²) < 4.78 is 1.90. The van der Waals surface area contributed by atoms with Crippen LogP contribution < -0.4 is 10.2 Å². The lowest BCUT2D eigenvalue weighted by Gasteiger charge is -2.21. The van der Waals surface area contributed by atoms with Gasteiger partial charge in [0.2, 0.25) is 11.1 Å². The van der Waals surface area contributed by atoms with Gasteiger partial charge in [0, 0.05) is 26.3 Å². The second kappa shape index (κ2) is 9.02. The first-order chi connectivity index (χ1) is 12.6. The number of anilines is 1. The van der Waals surface area contributed by atoms with Gasteiger partial charge in [-0.3, -0.25) is 4.79 Å². The molecule has 2 aromatic rings. The summed E-state index contributed by atoms with van der Waals surface area (Å²) in [6, 6.07) is 8.54. The lowest BCUT2D eigenvalue weighted by Crippen LogP contribution is -2.25. The molecule has 140 valence electrons. The molecule has 26 heavy (non-hydrogen) atoms. The number of hydrogen-bond acceptors (Lipinski definition) is 6. The Balaban J connectivity index is 1.46. The molecule has 0 radical (unpaired) electrons. The van der Waals surface area contributed by atoms with Crippen LogP contribution in [0.2, 0.25) is 0 Å². The predicted molar refractivity (Wildman–Crippen MR) is 103 cm³/mol. The smallest absolute Gasteiger partial charge is 0.230 e. The van der Waals surface area contributed by atoms with Crippen molar-refractivity contribution in [3.63, 3.8) is 0 Å². The van der Waals surface area contributed by atoms with E-state index in [4.69, 9.17) is 0 Å². The number of rotatable bonds is 7. The zero-order valence-electron chi connectivity index (χ0n) is 15.4. The van der Waals surface area contributed by atoms with Crippen molar-refractivity contribution in [3.8, 4) is 0 Å². The maximum Gasteiger partial charge on any atom is 0.230 e. The summed E-state index contributed by atoms with van der Waals surface area (Å²) >= 11 is 1.41. The maximum absolute atomic E-state index is 12.2. The lowest BCUT2D eigenvalue weighted by molar-refractivity contribution is -0.118. The van der Waals surface area contributed by atoms with Crippen LogP contribution in [0.1, 0.15) is 43.7 Å². The molecular formula is C18H26N6OS. The fourth-order valence-corrected chi connectivity index (χ4v) is 3.90. The summed E-state index contributed by atoms with van der Waals surface area (Å²) in [5.41, 5.74) is 2.23. The highest BCUT2D eigenvalue weighted by Gasteiger charge is 2.20. The fraction of sp³-hybridized carbons (Fsp3) is 0.556. The first-order valence-corrected chi connectivity index (χ1v) is 10.1. The minimum atomic E-state index is -0.00937. The average Bonchev–Trinajstić information content (AvgIpc) is 3.14. The highest BCUT2D eigenvalue weighted by Crippen LogP contribution is 2.30. The monoisotopic (exact) mass is 374 g/mol. The van der Waals surface area contributed by atoms with Crippen LogP contribution in [0, 0.1) is 0 Å². The second-order valence-corrected chi connectivity index (χ2v) is 7.77. The molecule has 0 saturated heterocycles. The van der Waals surface area contributed by atoms with Crippen LogP contribution in [0.15, 0.2) is 29.4 Å². The van der Waals surface area contributed by atoms with Crippen molar-refractivity contribution in [1.82, 2.24) is 25.5 Å². The molecule has 1 amide bonds. The average molecular weight is 375 g/mol. The van der Waals surface area contributed by atoms with E-state index in [2.05, 4.69) is 37.9 Å². The molecule has 1 aromatic carbocycles. The van der Waals surface area contributed by atoms with Gasteiger partial charge in [-0.05, 0) is 41.0 Å². The number of carbonyl (C=O) groups is 1. The molecule has 0 unspecified atom stereocenters. The maximum atomic E-state index is 12.2. The van der Waals surface area contributed by atoms with E-state index in [1.807, 2.05) is 30.9 Å². The Labute approximate surface area is 158 Å². The molecular weight excluding hydrogens is 348 g/mol. The Morgan fingerprint density at radius 2 is 1.96 bits per heavy atom. The number of aromatic nitrogens is 4. The third-order valence-electron chi connectivity index (χ3n) is 4.66. The van der Waals surface area contributed by atoms with Crippen LogP contribution in [0.3, 0.4) is 0 Å². The van der Waals surface area contributed by atoms with Crippen LogP contribution in [0.5, 0.6) is 0 Å². The Kier molecular flexibility index (Phi) is 6.49. The third-order valence-corrected chi connectivity index (χ3v) is 5.59. The molecule has 0 bridgehead atoms. The number of hydrogen-bond donors (Lipinski definition) is 1. The Bertz CT molecular complexity index is 709. The van der Waals surface area contributed by atoms with Crippen LogP contribution >= 0.6 is 11.8 Å². The molecule has 1 aromatic heterocycles. The standard InChI is InChI=1S/C18H26N6OS/c1-23(2)15-10-8-14(9-11-15)12-19-17(25)13-26-18-20-21-22-24(18)16-6-4-3-5-7-16/h8-11,16H,3-7,12-13H2,1-2H3,(H,19,25). The van der Waals surface area contributed by atoms with Gasteiger partial charge in [-0.15, -0.1) is 5.10 Å². The largest absolute Gasteiger partial charge is 0.378 e. The van der Waals surface area contributed by atoms with E-state index in [9.17, 15) is 4.79 Å². The van der Waals surface area contributed by atoms with Gasteiger partial charge in [-0.25, -0.2) is 4.68 Å². The summed E-state index contributed by atoms with van der Waals surface area (Å²) in [6.45, 7) is 0.528. The molecule has 0 atom stereocenters. The van der Waals surface area contributed by atoms with Crippen molar-refractivity contribution in [2.24, 2.45) is 0 Å². The summed E-state index contributed by atoms with van der Waals surface area (Å²) in [5, 5.41) is 15.7. The topological polar surface area (TPSA) is 75.9 Å². The number of carbonyl (C=O) groups excluding carboxylic acids is 1. The van der Waals surface area contributed by atoms with Crippen molar-refractivity contribution in [1.29, 1.82) is 0 Å². The summed E-state index contributed by atoms with van der Waals surface area (Å²) in [7, 11) is 4.02. The molecule has 1 aliphatic carbocycles. The Morgan fingerprint density at radius 1 is 1.23 bits per heavy atom. The van der Waals surface area contributed by atoms with Gasteiger partial charge < -0.3 is 10.2 Å². The molecule has 1 heterocycles. The highest BCUT2D eigenvalue weighted by molar-refractivity contribution is 7.99. The number of thioether (sulfide) groups is 1. The van der Waals surface area contributed by atoms with Gasteiger partial charge in [-0.2, -0.15) is 0 Å². The third kappa shape index (κ3) is 4.97. The van der Waals surface area contributed by atoms with E-state index in [1.165, 1.54) is 31.0 Å². The van der Waals surface area contributed by atoms with Gasteiger partial charge in [0.25, 0.3) is 0 Å². The van der Waals surface area contributed by atoms with Gasteiger partial charge in [-0.1, -0.05) is 43.2 Å². The lowest BCUT2D eigenvalue weighted by atomic mass is 9.96. The summed E-state index contributed by atoms with van der Waals surface area (Å²) in [6.07, 6.45) is 5.98. The van der Waals surface area contributed by atoms with Crippen LogP contribution in [0.4, 0.5) is 5.69 Å². The van der Waals surface area contributed by atoms with Gasteiger partial charge in [0.05, 0.1) is 11.8 Å². The van der Waals surface area contributed by atoms with Crippen LogP contribution in [0.25, 0.3) is 0 Å². The van der Waals surface area contributed by atoms with Gasteiger partial charge >= 0.3 is 0 Å². The highest BCUT2D eigenvalue weighted by atomic mass is 32.2. The molecule has 0 aliphatic heterocycles. The minimum Gasteiger partial charge on any atom is -0.378 e. The van der Waals surface area contributed by atoms with Crippen LogP contribution in [-0.2, 0) is 11.3 Å². The molecule has 1 saturated carbocycles. The van der Waals surface area contributed by atoms with Gasteiger partial charge in [0.1, 0.15) is 0 Å². The SMILES string of the molecule is CN(C)c1ccc(CNC(=O)CSc2nnnn2C2CCCCC2)cc1. The van der Waals surface area contributed by atoms with Gasteiger partial charge in [0.15, 0.2) is 0 Å². The predicted octanol–water partition coefficient (Wildman–Crippen LogP) is 2.65. The Morgan fingerprint density at radius 3 is 2.65 bits per heavy atom. The number of nitrogens with one attached hydrogen (secondary N) is 1. The molecule has 1 N–H and O–H groups in total. The van der Waals surface area contributed by atoms with Crippen molar-refractivity contribution >= 4 is 23.4 Å². The molecule has 3 rings (SSSR count). The quantitative estimate of drug-likeness (QED) is 0.751. The number of benzene rings is 1. The molecule has 8 heteroatoms. The zero-order chi connectivity index (χ0) is 18.4. The van der Waals surface area contributed by atoms with Crippen molar-refractivity contribution in [2.45, 2.75) is 49.8 Å². The fourth-order valence-electron chi connectivity index (χ4n) is 3.13. The normalized spacial score (nSPS) is 15.0. The first kappa shape index (κ1) is 18.7. The van der Waals surface area contributed by atoms with Crippen molar-refractivity contribution in [2.75, 3.05) is 24.7 Å². The zero-order valence-corrected chi connectivity index (χ0v) is 16.2. The molecule has 1 aliphatic rings. The second-order valence-electron chi connectivity index (χ2n) is 6.82. The number of tetrazole rings is 1. The van der Waals surface area contributed by atoms with Crippen molar-refractivity contribution < 1.29 is 4.79 Å². The molecule has 7 nitrogen and oxygen atoms in total. The van der Waals surface area contributed by atoms with E-state index in [0.29, 0.717) is 18.3 Å². The first-order valence-electron chi connectivity index (χ1n) is 9.07. The van der Waals surface area contributed by atoms with Crippen molar-refractivity contribution in [3.05, 3.63) is 29.8 Å². The van der Waals surface area contributed by atoms with E-state index in [0.717, 1.165) is 29.2 Å². The van der Waals surface area contributed by atoms with E-state index < -0.39 is 0 Å².